The molecule has 1 unspecified atom stereocenters. The van der Waals surface area contributed by atoms with Crippen molar-refractivity contribution in [1.82, 2.24) is 0 Å². The Morgan fingerprint density at radius 1 is 1.08 bits per heavy atom. The highest BCUT2D eigenvalue weighted by atomic mass is 16.5. The van der Waals surface area contributed by atoms with Crippen LogP contribution in [-0.4, -0.2) is 31.6 Å². The maximum Gasteiger partial charge on any atom is 0.342 e. The van der Waals surface area contributed by atoms with Gasteiger partial charge in [-0.05, 0) is 37.1 Å². The van der Waals surface area contributed by atoms with Gasteiger partial charge in [-0.25, -0.2) is 4.79 Å². The zero-order chi connectivity index (χ0) is 17.1. The molecule has 0 saturated carbocycles. The standard InChI is InChI=1S/C19H19NO4/c1-13(24-19(22)15-8-4-6-10-17(15)23-2)18(21)20-12-11-14-7-3-5-9-16(14)20/h3-10,13H,11-12H2,1-2H3. The van der Waals surface area contributed by atoms with Crippen LogP contribution in [0.2, 0.25) is 0 Å². The Bertz CT molecular complexity index is 771. The number of carbonyl (C=O) groups excluding carboxylic acids is 2. The molecule has 5 nitrogen and oxygen atoms in total. The second-order valence-electron chi connectivity index (χ2n) is 5.62. The fourth-order valence-electron chi connectivity index (χ4n) is 2.87. The predicted octanol–water partition coefficient (Wildman–Crippen LogP) is 2.83. The largest absolute Gasteiger partial charge is 0.496 e. The quantitative estimate of drug-likeness (QED) is 0.811. The first kappa shape index (κ1) is 16.1. The molecule has 124 valence electrons. The lowest BCUT2D eigenvalue weighted by atomic mass is 10.2. The van der Waals surface area contributed by atoms with Crippen molar-refractivity contribution in [2.45, 2.75) is 19.4 Å². The van der Waals surface area contributed by atoms with Gasteiger partial charge in [0.25, 0.3) is 5.91 Å². The normalized spacial score (nSPS) is 14.0. The van der Waals surface area contributed by atoms with Crippen molar-refractivity contribution in [2.75, 3.05) is 18.6 Å². The summed E-state index contributed by atoms with van der Waals surface area (Å²) in [6.07, 6.45) is -0.0525. The van der Waals surface area contributed by atoms with Gasteiger partial charge in [-0.15, -0.1) is 0 Å². The summed E-state index contributed by atoms with van der Waals surface area (Å²) >= 11 is 0. The number of methoxy groups -OCH3 is 1. The average molecular weight is 325 g/mol. The Kier molecular flexibility index (Phi) is 4.51. The van der Waals surface area contributed by atoms with Gasteiger partial charge in [0.15, 0.2) is 6.10 Å². The van der Waals surface area contributed by atoms with Crippen molar-refractivity contribution in [3.05, 3.63) is 59.7 Å². The number of hydrogen-bond acceptors (Lipinski definition) is 4. The summed E-state index contributed by atoms with van der Waals surface area (Å²) in [6, 6.07) is 14.6. The third kappa shape index (κ3) is 2.97. The summed E-state index contributed by atoms with van der Waals surface area (Å²) in [7, 11) is 1.49. The molecule has 0 fully saturated rings. The van der Waals surface area contributed by atoms with Crippen LogP contribution in [0.4, 0.5) is 5.69 Å². The van der Waals surface area contributed by atoms with Crippen LogP contribution in [0.15, 0.2) is 48.5 Å². The molecule has 2 aromatic rings. The van der Waals surface area contributed by atoms with Gasteiger partial charge in [0.2, 0.25) is 0 Å². The molecule has 0 radical (unpaired) electrons. The Hall–Kier alpha value is -2.82. The number of nitrogens with zero attached hydrogens (tertiary/aromatic N) is 1. The highest BCUT2D eigenvalue weighted by Gasteiger charge is 2.30. The molecule has 2 aromatic carbocycles. The third-order valence-corrected chi connectivity index (χ3v) is 4.11. The smallest absolute Gasteiger partial charge is 0.342 e. The Morgan fingerprint density at radius 2 is 1.79 bits per heavy atom. The lowest BCUT2D eigenvalue weighted by Crippen LogP contribution is -2.39. The van der Waals surface area contributed by atoms with E-state index in [0.29, 0.717) is 17.9 Å². The lowest BCUT2D eigenvalue weighted by molar-refractivity contribution is -0.126. The molecule has 1 heterocycles. The summed E-state index contributed by atoms with van der Waals surface area (Å²) in [5.41, 5.74) is 2.33. The SMILES string of the molecule is COc1ccccc1C(=O)OC(C)C(=O)N1CCc2ccccc21. The van der Waals surface area contributed by atoms with Gasteiger partial charge >= 0.3 is 5.97 Å². The number of rotatable bonds is 4. The first-order valence-corrected chi connectivity index (χ1v) is 7.85. The number of fused-ring (bicyclic) bond motifs is 1. The molecule has 0 aliphatic carbocycles. The summed E-state index contributed by atoms with van der Waals surface area (Å²) in [4.78, 5) is 26.6. The van der Waals surface area contributed by atoms with E-state index in [0.717, 1.165) is 17.7 Å². The molecule has 1 aliphatic heterocycles. The number of hydrogen-bond donors (Lipinski definition) is 0. The van der Waals surface area contributed by atoms with Crippen LogP contribution in [-0.2, 0) is 16.0 Å². The second-order valence-corrected chi connectivity index (χ2v) is 5.62. The number of esters is 1. The Balaban J connectivity index is 1.72. The minimum atomic E-state index is -0.867. The van der Waals surface area contributed by atoms with Crippen molar-refractivity contribution in [2.24, 2.45) is 0 Å². The number of anilines is 1. The van der Waals surface area contributed by atoms with Gasteiger partial charge < -0.3 is 14.4 Å². The van der Waals surface area contributed by atoms with Gasteiger partial charge in [0.1, 0.15) is 11.3 Å². The monoisotopic (exact) mass is 325 g/mol. The highest BCUT2D eigenvalue weighted by molar-refractivity contribution is 6.00. The zero-order valence-electron chi connectivity index (χ0n) is 13.7. The molecule has 0 saturated heterocycles. The number of benzene rings is 2. The molecule has 5 heteroatoms. The predicted molar refractivity (Wildman–Crippen MR) is 90.4 cm³/mol. The highest BCUT2D eigenvalue weighted by Crippen LogP contribution is 2.28. The van der Waals surface area contributed by atoms with E-state index in [9.17, 15) is 9.59 Å². The molecule has 1 aliphatic rings. The molecule has 24 heavy (non-hydrogen) atoms. The topological polar surface area (TPSA) is 55.8 Å². The minimum absolute atomic E-state index is 0.219. The molecular weight excluding hydrogens is 306 g/mol. The van der Waals surface area contributed by atoms with Crippen LogP contribution in [0.5, 0.6) is 5.75 Å². The van der Waals surface area contributed by atoms with Crippen LogP contribution in [0.25, 0.3) is 0 Å². The molecule has 3 rings (SSSR count). The summed E-state index contributed by atoms with van der Waals surface area (Å²) in [5.74, 6) is -0.363. The average Bonchev–Trinajstić information content (AvgIpc) is 3.04. The molecule has 1 atom stereocenters. The maximum absolute atomic E-state index is 12.6. The van der Waals surface area contributed by atoms with Gasteiger partial charge in [0.05, 0.1) is 7.11 Å². The van der Waals surface area contributed by atoms with Crippen molar-refractivity contribution in [3.63, 3.8) is 0 Å². The molecule has 0 spiro atoms. The summed E-state index contributed by atoms with van der Waals surface area (Å²) < 4.78 is 10.5. The first-order chi connectivity index (χ1) is 11.6. The van der Waals surface area contributed by atoms with Gasteiger partial charge in [-0.3, -0.25) is 4.79 Å². The number of carbonyl (C=O) groups is 2. The van der Waals surface area contributed by atoms with Crippen LogP contribution < -0.4 is 9.64 Å². The van der Waals surface area contributed by atoms with Crippen molar-refractivity contribution < 1.29 is 19.1 Å². The zero-order valence-corrected chi connectivity index (χ0v) is 13.7. The Labute approximate surface area is 140 Å². The van der Waals surface area contributed by atoms with E-state index in [4.69, 9.17) is 9.47 Å². The summed E-state index contributed by atoms with van der Waals surface area (Å²) in [5, 5.41) is 0. The van der Waals surface area contributed by atoms with E-state index in [1.54, 1.807) is 36.1 Å². The number of amides is 1. The lowest BCUT2D eigenvalue weighted by Gasteiger charge is -2.22. The Morgan fingerprint density at radius 3 is 2.58 bits per heavy atom. The van der Waals surface area contributed by atoms with Crippen LogP contribution >= 0.6 is 0 Å². The van der Waals surface area contributed by atoms with Crippen molar-refractivity contribution in [3.8, 4) is 5.75 Å². The van der Waals surface area contributed by atoms with E-state index >= 15 is 0 Å². The first-order valence-electron chi connectivity index (χ1n) is 7.85. The van der Waals surface area contributed by atoms with E-state index in [-0.39, 0.29) is 5.91 Å². The summed E-state index contributed by atoms with van der Waals surface area (Å²) in [6.45, 7) is 2.20. The number of ether oxygens (including phenoxy) is 2. The maximum atomic E-state index is 12.6. The van der Waals surface area contributed by atoms with Crippen LogP contribution in [0.1, 0.15) is 22.8 Å². The molecule has 0 N–H and O–H groups in total. The van der Waals surface area contributed by atoms with Gasteiger partial charge in [-0.1, -0.05) is 30.3 Å². The fourth-order valence-corrected chi connectivity index (χ4v) is 2.87. The molecule has 0 bridgehead atoms. The van der Waals surface area contributed by atoms with Gasteiger partial charge in [0, 0.05) is 12.2 Å². The van der Waals surface area contributed by atoms with Crippen LogP contribution in [0, 0.1) is 0 Å². The van der Waals surface area contributed by atoms with Crippen molar-refractivity contribution in [1.29, 1.82) is 0 Å². The molecule has 0 aromatic heterocycles. The molecular formula is C19H19NO4. The minimum Gasteiger partial charge on any atom is -0.496 e. The van der Waals surface area contributed by atoms with Crippen LogP contribution in [0.3, 0.4) is 0 Å². The molecule has 1 amide bonds. The van der Waals surface area contributed by atoms with Crippen molar-refractivity contribution >= 4 is 17.6 Å². The van der Waals surface area contributed by atoms with E-state index < -0.39 is 12.1 Å². The van der Waals surface area contributed by atoms with Gasteiger partial charge in [-0.2, -0.15) is 0 Å². The van der Waals surface area contributed by atoms with E-state index in [1.807, 2.05) is 24.3 Å². The number of para-hydroxylation sites is 2. The van der Waals surface area contributed by atoms with E-state index in [2.05, 4.69) is 0 Å². The third-order valence-electron chi connectivity index (χ3n) is 4.11. The van der Waals surface area contributed by atoms with E-state index in [1.165, 1.54) is 7.11 Å². The second kappa shape index (κ2) is 6.74. The fraction of sp³-hybridized carbons (Fsp3) is 0.263.